The van der Waals surface area contributed by atoms with E-state index in [4.69, 9.17) is 14.2 Å². The van der Waals surface area contributed by atoms with E-state index in [1.54, 1.807) is 44.6 Å². The minimum absolute atomic E-state index is 0.0443. The Morgan fingerprint density at radius 3 is 2.33 bits per heavy atom. The summed E-state index contributed by atoms with van der Waals surface area (Å²) in [5.41, 5.74) is 2.49. The fraction of sp³-hybridized carbons (Fsp3) is 0.261. The fourth-order valence-corrected chi connectivity index (χ4v) is 2.75. The number of benzene rings is 2. The van der Waals surface area contributed by atoms with Gasteiger partial charge in [0.1, 0.15) is 23.9 Å². The lowest BCUT2D eigenvalue weighted by molar-refractivity contribution is 0.0998. The molecule has 4 heteroatoms. The molecule has 2 aromatic carbocycles. The average molecular weight is 366 g/mol. The maximum atomic E-state index is 12.8. The summed E-state index contributed by atoms with van der Waals surface area (Å²) in [5, 5.41) is 0. The van der Waals surface area contributed by atoms with E-state index >= 15 is 0 Å². The van der Waals surface area contributed by atoms with Crippen molar-refractivity contribution in [3.05, 3.63) is 72.3 Å². The summed E-state index contributed by atoms with van der Waals surface area (Å²) in [6, 6.07) is 12.8. The molecule has 0 aliphatic carbocycles. The number of ether oxygens (including phenoxy) is 3. The number of hydrogen-bond acceptors (Lipinski definition) is 4. The Bertz CT molecular complexity index is 804. The van der Waals surface area contributed by atoms with Gasteiger partial charge in [-0.05, 0) is 48.4 Å². The third-order valence-electron chi connectivity index (χ3n) is 4.10. The minimum atomic E-state index is 0.0443. The summed E-state index contributed by atoms with van der Waals surface area (Å²) in [6.45, 7) is 6.11. The van der Waals surface area contributed by atoms with Gasteiger partial charge in [-0.2, -0.15) is 0 Å². The number of ketones is 1. The lowest BCUT2D eigenvalue weighted by Crippen LogP contribution is -2.03. The first kappa shape index (κ1) is 20.3. The zero-order valence-electron chi connectivity index (χ0n) is 16.2. The van der Waals surface area contributed by atoms with Gasteiger partial charge < -0.3 is 14.2 Å². The van der Waals surface area contributed by atoms with Crippen LogP contribution in [0, 0.1) is 0 Å². The molecule has 0 unspecified atom stereocenters. The SMILES string of the molecule is C=CCOc1ccc(C(=O)C/C(=C/CC)c2ccc(OC)cc2OC)cc1. The molecule has 0 bridgehead atoms. The van der Waals surface area contributed by atoms with E-state index in [1.807, 2.05) is 25.1 Å². The van der Waals surface area contributed by atoms with Crippen molar-refractivity contribution in [3.63, 3.8) is 0 Å². The molecule has 0 aliphatic rings. The zero-order chi connectivity index (χ0) is 19.6. The first-order valence-corrected chi connectivity index (χ1v) is 8.91. The normalized spacial score (nSPS) is 11.0. The fourth-order valence-electron chi connectivity index (χ4n) is 2.75. The standard InChI is InChI=1S/C23H26O4/c1-5-7-18(21-13-12-20(25-3)16-23(21)26-4)15-22(24)17-8-10-19(11-9-17)27-14-6-2/h6-13,16H,2,5,14-15H2,1,3-4H3/b18-7-. The number of carbonyl (C=O) groups is 1. The average Bonchev–Trinajstić information content (AvgIpc) is 2.71. The number of allylic oxidation sites excluding steroid dienone is 2. The molecule has 4 nitrogen and oxygen atoms in total. The molecule has 0 saturated carbocycles. The first-order valence-electron chi connectivity index (χ1n) is 8.91. The van der Waals surface area contributed by atoms with E-state index in [0.717, 1.165) is 17.6 Å². The van der Waals surface area contributed by atoms with Crippen LogP contribution in [-0.4, -0.2) is 26.6 Å². The van der Waals surface area contributed by atoms with Crippen LogP contribution in [0.1, 0.15) is 35.7 Å². The molecule has 142 valence electrons. The van der Waals surface area contributed by atoms with Gasteiger partial charge in [-0.1, -0.05) is 25.7 Å². The maximum absolute atomic E-state index is 12.8. The zero-order valence-corrected chi connectivity index (χ0v) is 16.2. The Hall–Kier alpha value is -3.01. The van der Waals surface area contributed by atoms with Crippen LogP contribution in [0.25, 0.3) is 5.57 Å². The summed E-state index contributed by atoms with van der Waals surface area (Å²) < 4.78 is 16.2. The Morgan fingerprint density at radius 2 is 1.74 bits per heavy atom. The smallest absolute Gasteiger partial charge is 0.167 e. The Labute approximate surface area is 161 Å². The number of carbonyl (C=O) groups excluding carboxylic acids is 1. The van der Waals surface area contributed by atoms with Gasteiger partial charge in [-0.3, -0.25) is 4.79 Å². The van der Waals surface area contributed by atoms with Gasteiger partial charge in [0, 0.05) is 23.6 Å². The van der Waals surface area contributed by atoms with Crippen molar-refractivity contribution < 1.29 is 19.0 Å². The van der Waals surface area contributed by atoms with Gasteiger partial charge in [-0.25, -0.2) is 0 Å². The van der Waals surface area contributed by atoms with Crippen LogP contribution < -0.4 is 14.2 Å². The molecule has 2 aromatic rings. The van der Waals surface area contributed by atoms with Crippen LogP contribution >= 0.6 is 0 Å². The highest BCUT2D eigenvalue weighted by molar-refractivity contribution is 6.02. The monoisotopic (exact) mass is 366 g/mol. The number of rotatable bonds is 10. The van der Waals surface area contributed by atoms with Crippen molar-refractivity contribution in [2.75, 3.05) is 20.8 Å². The highest BCUT2D eigenvalue weighted by Gasteiger charge is 2.15. The predicted octanol–water partition coefficient (Wildman–Crippen LogP) is 5.34. The van der Waals surface area contributed by atoms with E-state index in [-0.39, 0.29) is 5.78 Å². The molecule has 0 spiro atoms. The molecule has 0 radical (unpaired) electrons. The van der Waals surface area contributed by atoms with Crippen molar-refractivity contribution >= 4 is 11.4 Å². The third kappa shape index (κ3) is 5.48. The van der Waals surface area contributed by atoms with E-state index in [1.165, 1.54) is 0 Å². The molecule has 0 fully saturated rings. The molecule has 0 heterocycles. The van der Waals surface area contributed by atoms with E-state index in [9.17, 15) is 4.79 Å². The largest absolute Gasteiger partial charge is 0.497 e. The number of Topliss-reactive ketones (excluding diaryl/α,β-unsaturated/α-hetero) is 1. The Kier molecular flexibility index (Phi) is 7.68. The quantitative estimate of drug-likeness (QED) is 0.421. The molecule has 2 rings (SSSR count). The van der Waals surface area contributed by atoms with Gasteiger partial charge in [0.05, 0.1) is 14.2 Å². The lowest BCUT2D eigenvalue weighted by atomic mass is 9.95. The summed E-state index contributed by atoms with van der Waals surface area (Å²) in [7, 11) is 3.23. The van der Waals surface area contributed by atoms with Crippen LogP contribution in [0.5, 0.6) is 17.2 Å². The molecular formula is C23H26O4. The third-order valence-corrected chi connectivity index (χ3v) is 4.10. The van der Waals surface area contributed by atoms with Crippen molar-refractivity contribution in [2.45, 2.75) is 19.8 Å². The van der Waals surface area contributed by atoms with Crippen molar-refractivity contribution in [1.29, 1.82) is 0 Å². The Balaban J connectivity index is 2.22. The van der Waals surface area contributed by atoms with Gasteiger partial charge in [0.25, 0.3) is 0 Å². The van der Waals surface area contributed by atoms with Crippen LogP contribution in [0.15, 0.2) is 61.2 Å². The van der Waals surface area contributed by atoms with E-state index in [2.05, 4.69) is 12.7 Å². The highest BCUT2D eigenvalue weighted by Crippen LogP contribution is 2.33. The molecule has 0 atom stereocenters. The van der Waals surface area contributed by atoms with Gasteiger partial charge in [-0.15, -0.1) is 0 Å². The molecule has 0 aromatic heterocycles. The molecule has 0 saturated heterocycles. The summed E-state index contributed by atoms with van der Waals surface area (Å²) in [4.78, 5) is 12.8. The summed E-state index contributed by atoms with van der Waals surface area (Å²) in [5.74, 6) is 2.17. The molecule has 27 heavy (non-hydrogen) atoms. The second-order valence-corrected chi connectivity index (χ2v) is 5.93. The molecule has 0 amide bonds. The van der Waals surface area contributed by atoms with Crippen LogP contribution in [0.3, 0.4) is 0 Å². The topological polar surface area (TPSA) is 44.8 Å². The van der Waals surface area contributed by atoms with Crippen LogP contribution in [-0.2, 0) is 0 Å². The molecule has 0 N–H and O–H groups in total. The first-order chi connectivity index (χ1) is 13.1. The predicted molar refractivity (Wildman–Crippen MR) is 109 cm³/mol. The van der Waals surface area contributed by atoms with Gasteiger partial charge in [0.15, 0.2) is 5.78 Å². The van der Waals surface area contributed by atoms with Crippen molar-refractivity contribution in [1.82, 2.24) is 0 Å². The number of hydrogen-bond donors (Lipinski definition) is 0. The minimum Gasteiger partial charge on any atom is -0.497 e. The van der Waals surface area contributed by atoms with Crippen molar-refractivity contribution in [3.8, 4) is 17.2 Å². The second kappa shape index (κ2) is 10.2. The maximum Gasteiger partial charge on any atom is 0.167 e. The Morgan fingerprint density at radius 1 is 1.04 bits per heavy atom. The number of methoxy groups -OCH3 is 2. The van der Waals surface area contributed by atoms with Gasteiger partial charge >= 0.3 is 0 Å². The summed E-state index contributed by atoms with van der Waals surface area (Å²) in [6.07, 6.45) is 4.86. The second-order valence-electron chi connectivity index (χ2n) is 5.93. The van der Waals surface area contributed by atoms with E-state index < -0.39 is 0 Å². The summed E-state index contributed by atoms with van der Waals surface area (Å²) >= 11 is 0. The van der Waals surface area contributed by atoms with Gasteiger partial charge in [0.2, 0.25) is 0 Å². The van der Waals surface area contributed by atoms with Crippen LogP contribution in [0.4, 0.5) is 0 Å². The highest BCUT2D eigenvalue weighted by atomic mass is 16.5. The van der Waals surface area contributed by atoms with Crippen molar-refractivity contribution in [2.24, 2.45) is 0 Å². The van der Waals surface area contributed by atoms with Crippen LogP contribution in [0.2, 0.25) is 0 Å². The molecular weight excluding hydrogens is 340 g/mol. The molecule has 0 aliphatic heterocycles. The lowest BCUT2D eigenvalue weighted by Gasteiger charge is -2.14. The van der Waals surface area contributed by atoms with E-state index in [0.29, 0.717) is 35.8 Å².